The standard InChI is InChI=1S/C22H28N4O5/c1-30-17-5-3-2-4-16(17)23-20(28)25-12-13-26-18(14-25)22(31-21(26)29)8-10-24(11-9-22)19(27)15-6-7-15/h2-5,15,18H,6-14H2,1H3,(H,23,28). The highest BCUT2D eigenvalue weighted by Crippen LogP contribution is 2.41. The average Bonchev–Trinajstić information content (AvgIpc) is 3.61. The van der Waals surface area contributed by atoms with Crippen LogP contribution in [0.15, 0.2) is 24.3 Å². The molecule has 3 aliphatic heterocycles. The van der Waals surface area contributed by atoms with Gasteiger partial charge in [-0.25, -0.2) is 9.59 Å². The molecule has 3 saturated heterocycles. The number of fused-ring (bicyclic) bond motifs is 2. The lowest BCUT2D eigenvalue weighted by Gasteiger charge is -2.45. The summed E-state index contributed by atoms with van der Waals surface area (Å²) in [7, 11) is 1.56. The van der Waals surface area contributed by atoms with Crippen LogP contribution in [0.5, 0.6) is 5.75 Å². The van der Waals surface area contributed by atoms with Crippen LogP contribution in [0, 0.1) is 5.92 Å². The van der Waals surface area contributed by atoms with E-state index in [0.717, 1.165) is 12.8 Å². The van der Waals surface area contributed by atoms with Gasteiger partial charge in [0.15, 0.2) is 0 Å². The molecule has 1 aliphatic carbocycles. The average molecular weight is 428 g/mol. The third-order valence-corrected chi connectivity index (χ3v) is 7.00. The fourth-order valence-corrected chi connectivity index (χ4v) is 5.01. The number of urea groups is 1. The fourth-order valence-electron chi connectivity index (χ4n) is 5.01. The first-order chi connectivity index (χ1) is 15.0. The molecule has 4 fully saturated rings. The van der Waals surface area contributed by atoms with Gasteiger partial charge in [-0.05, 0) is 25.0 Å². The van der Waals surface area contributed by atoms with Gasteiger partial charge in [0.05, 0.1) is 18.8 Å². The smallest absolute Gasteiger partial charge is 0.410 e. The van der Waals surface area contributed by atoms with Crippen molar-refractivity contribution in [3.05, 3.63) is 24.3 Å². The summed E-state index contributed by atoms with van der Waals surface area (Å²) in [4.78, 5) is 43.3. The summed E-state index contributed by atoms with van der Waals surface area (Å²) in [6, 6.07) is 6.85. The van der Waals surface area contributed by atoms with Gasteiger partial charge in [0, 0.05) is 51.5 Å². The Balaban J connectivity index is 1.27. The molecule has 1 aromatic carbocycles. The van der Waals surface area contributed by atoms with Crippen molar-refractivity contribution in [1.29, 1.82) is 0 Å². The Morgan fingerprint density at radius 1 is 1.10 bits per heavy atom. The lowest BCUT2D eigenvalue weighted by Crippen LogP contribution is -2.62. The predicted octanol–water partition coefficient (Wildman–Crippen LogP) is 2.13. The molecule has 166 valence electrons. The molecule has 0 aromatic heterocycles. The number of benzene rings is 1. The van der Waals surface area contributed by atoms with Gasteiger partial charge in [0.25, 0.3) is 0 Å². The number of ether oxygens (including phenoxy) is 2. The van der Waals surface area contributed by atoms with Crippen molar-refractivity contribution in [3.8, 4) is 5.75 Å². The lowest BCUT2D eigenvalue weighted by molar-refractivity contribution is -0.136. The van der Waals surface area contributed by atoms with Gasteiger partial charge in [-0.15, -0.1) is 0 Å². The minimum Gasteiger partial charge on any atom is -0.495 e. The number of likely N-dealkylation sites (tertiary alicyclic amines) is 1. The number of piperidine rings is 1. The van der Waals surface area contributed by atoms with Gasteiger partial charge >= 0.3 is 12.1 Å². The monoisotopic (exact) mass is 428 g/mol. The lowest BCUT2D eigenvalue weighted by atomic mass is 9.83. The quantitative estimate of drug-likeness (QED) is 0.797. The number of nitrogens with one attached hydrogen (secondary N) is 1. The van der Waals surface area contributed by atoms with E-state index in [1.54, 1.807) is 29.0 Å². The maximum Gasteiger partial charge on any atom is 0.410 e. The van der Waals surface area contributed by atoms with Crippen molar-refractivity contribution < 1.29 is 23.9 Å². The Kier molecular flexibility index (Phi) is 4.91. The van der Waals surface area contributed by atoms with Crippen LogP contribution in [0.4, 0.5) is 15.3 Å². The predicted molar refractivity (Wildman–Crippen MR) is 112 cm³/mol. The summed E-state index contributed by atoms with van der Waals surface area (Å²) < 4.78 is 11.2. The van der Waals surface area contributed by atoms with Crippen LogP contribution in [0.25, 0.3) is 0 Å². The van der Waals surface area contributed by atoms with Crippen LogP contribution < -0.4 is 10.1 Å². The van der Waals surface area contributed by atoms with Crippen molar-refractivity contribution in [2.24, 2.45) is 5.92 Å². The molecule has 31 heavy (non-hydrogen) atoms. The number of anilines is 1. The van der Waals surface area contributed by atoms with Gasteiger partial charge in [-0.2, -0.15) is 0 Å². The number of methoxy groups -OCH3 is 1. The van der Waals surface area contributed by atoms with Crippen molar-refractivity contribution in [2.45, 2.75) is 37.3 Å². The van der Waals surface area contributed by atoms with Crippen LogP contribution >= 0.6 is 0 Å². The Bertz CT molecular complexity index is 894. The third-order valence-electron chi connectivity index (χ3n) is 7.00. The zero-order valence-corrected chi connectivity index (χ0v) is 17.7. The van der Waals surface area contributed by atoms with E-state index >= 15 is 0 Å². The molecule has 1 spiro atoms. The van der Waals surface area contributed by atoms with E-state index in [1.165, 1.54) is 0 Å². The van der Waals surface area contributed by atoms with Crippen molar-refractivity contribution in [2.75, 3.05) is 45.2 Å². The highest BCUT2D eigenvalue weighted by Gasteiger charge is 2.57. The molecule has 4 aliphatic rings. The van der Waals surface area contributed by atoms with Gasteiger partial charge in [-0.3, -0.25) is 9.69 Å². The van der Waals surface area contributed by atoms with Gasteiger partial charge < -0.3 is 24.6 Å². The first-order valence-electron chi connectivity index (χ1n) is 11.0. The molecule has 1 atom stereocenters. The largest absolute Gasteiger partial charge is 0.495 e. The zero-order valence-electron chi connectivity index (χ0n) is 17.7. The molecule has 9 nitrogen and oxygen atoms in total. The summed E-state index contributed by atoms with van der Waals surface area (Å²) in [5.74, 6) is 1.02. The normalized spacial score (nSPS) is 24.6. The van der Waals surface area contributed by atoms with Crippen LogP contribution in [0.2, 0.25) is 0 Å². The molecule has 4 amide bonds. The van der Waals surface area contributed by atoms with E-state index in [1.807, 2.05) is 17.0 Å². The van der Waals surface area contributed by atoms with Gasteiger partial charge in [0.1, 0.15) is 11.4 Å². The number of rotatable bonds is 3. The van der Waals surface area contributed by atoms with Crippen LogP contribution in [0.3, 0.4) is 0 Å². The van der Waals surface area contributed by atoms with Crippen LogP contribution in [-0.4, -0.2) is 84.2 Å². The first kappa shape index (κ1) is 20.0. The minimum atomic E-state index is -0.638. The molecule has 0 bridgehead atoms. The number of amides is 4. The Morgan fingerprint density at radius 2 is 1.84 bits per heavy atom. The number of hydrogen-bond donors (Lipinski definition) is 1. The van der Waals surface area contributed by atoms with Crippen LogP contribution in [0.1, 0.15) is 25.7 Å². The topological polar surface area (TPSA) is 91.4 Å². The van der Waals surface area contributed by atoms with Gasteiger partial charge in [0.2, 0.25) is 5.91 Å². The minimum absolute atomic E-state index is 0.195. The number of para-hydroxylation sites is 2. The van der Waals surface area contributed by atoms with E-state index in [-0.39, 0.29) is 30.0 Å². The van der Waals surface area contributed by atoms with E-state index in [0.29, 0.717) is 57.0 Å². The summed E-state index contributed by atoms with van der Waals surface area (Å²) >= 11 is 0. The molecule has 1 aromatic rings. The number of piperazine rings is 1. The second kappa shape index (κ2) is 7.62. The number of carbonyl (C=O) groups excluding carboxylic acids is 3. The molecule has 5 rings (SSSR count). The molecular formula is C22H28N4O5. The van der Waals surface area contributed by atoms with E-state index in [4.69, 9.17) is 9.47 Å². The van der Waals surface area contributed by atoms with Crippen molar-refractivity contribution in [3.63, 3.8) is 0 Å². The van der Waals surface area contributed by atoms with Gasteiger partial charge in [-0.1, -0.05) is 12.1 Å². The number of carbonyl (C=O) groups is 3. The molecule has 1 saturated carbocycles. The van der Waals surface area contributed by atoms with E-state index in [2.05, 4.69) is 5.32 Å². The molecule has 1 unspecified atom stereocenters. The summed E-state index contributed by atoms with van der Waals surface area (Å²) in [6.45, 7) is 2.48. The van der Waals surface area contributed by atoms with Crippen molar-refractivity contribution >= 4 is 23.7 Å². The Hall–Kier alpha value is -2.97. The second-order valence-electron chi connectivity index (χ2n) is 8.82. The summed E-state index contributed by atoms with van der Waals surface area (Å²) in [5.41, 5.74) is -0.0290. The first-order valence-corrected chi connectivity index (χ1v) is 11.0. The van der Waals surface area contributed by atoms with E-state index in [9.17, 15) is 14.4 Å². The summed E-state index contributed by atoms with van der Waals surface area (Å²) in [6.07, 6.45) is 2.89. The number of hydrogen-bond acceptors (Lipinski definition) is 5. The highest BCUT2D eigenvalue weighted by atomic mass is 16.6. The highest BCUT2D eigenvalue weighted by molar-refractivity contribution is 5.91. The molecule has 9 heteroatoms. The zero-order chi connectivity index (χ0) is 21.6. The summed E-state index contributed by atoms with van der Waals surface area (Å²) in [5, 5.41) is 2.92. The number of nitrogens with zero attached hydrogens (tertiary/aromatic N) is 3. The maximum atomic E-state index is 13.0. The fraction of sp³-hybridized carbons (Fsp3) is 0.591. The van der Waals surface area contributed by atoms with Crippen molar-refractivity contribution in [1.82, 2.24) is 14.7 Å². The SMILES string of the molecule is COc1ccccc1NC(=O)N1CCN2C(=O)OC3(CCN(C(=O)C4CC4)CC3)C2C1. The molecule has 1 N–H and O–H groups in total. The van der Waals surface area contributed by atoms with E-state index < -0.39 is 5.60 Å². The molecule has 3 heterocycles. The molecular weight excluding hydrogens is 400 g/mol. The third kappa shape index (κ3) is 3.55. The Morgan fingerprint density at radius 3 is 2.55 bits per heavy atom. The van der Waals surface area contributed by atoms with Crippen LogP contribution in [-0.2, 0) is 9.53 Å². The Labute approximate surface area is 181 Å². The second-order valence-corrected chi connectivity index (χ2v) is 8.82. The molecule has 0 radical (unpaired) electrons. The maximum absolute atomic E-state index is 13.0.